The van der Waals surface area contributed by atoms with Crippen LogP contribution in [-0.2, 0) is 11.3 Å². The molecule has 4 nitrogen and oxygen atoms in total. The van der Waals surface area contributed by atoms with Gasteiger partial charge in [0.1, 0.15) is 6.04 Å². The molecule has 0 radical (unpaired) electrons. The highest BCUT2D eigenvalue weighted by atomic mass is 16.2. The van der Waals surface area contributed by atoms with E-state index in [2.05, 4.69) is 10.3 Å². The average Bonchev–Trinajstić information content (AvgIpc) is 2.45. The number of amides is 1. The molecule has 1 aromatic carbocycles. The molecule has 0 saturated carbocycles. The lowest BCUT2D eigenvalue weighted by Gasteiger charge is -2.12. The van der Waals surface area contributed by atoms with Gasteiger partial charge in [0.2, 0.25) is 5.91 Å². The van der Waals surface area contributed by atoms with Gasteiger partial charge in [-0.3, -0.25) is 9.78 Å². The molecule has 0 aliphatic rings. The summed E-state index contributed by atoms with van der Waals surface area (Å²) in [6, 6.07) is 12.7. The molecule has 0 saturated heterocycles. The summed E-state index contributed by atoms with van der Waals surface area (Å²) in [7, 11) is 0. The summed E-state index contributed by atoms with van der Waals surface area (Å²) in [6.45, 7) is 4.31. The van der Waals surface area contributed by atoms with Crippen molar-refractivity contribution in [3.8, 4) is 0 Å². The maximum absolute atomic E-state index is 12.0. The van der Waals surface area contributed by atoms with Gasteiger partial charge in [0, 0.05) is 5.69 Å². The lowest BCUT2D eigenvalue weighted by Crippen LogP contribution is -2.33. The quantitative estimate of drug-likeness (QED) is 0.892. The lowest BCUT2D eigenvalue weighted by molar-refractivity contribution is -0.122. The van der Waals surface area contributed by atoms with Gasteiger partial charge in [0.15, 0.2) is 0 Å². The Balaban J connectivity index is 1.96. The zero-order chi connectivity index (χ0) is 14.5. The predicted octanol–water partition coefficient (Wildman–Crippen LogP) is 2.01. The average molecular weight is 269 g/mol. The molecule has 1 heterocycles. The summed E-state index contributed by atoms with van der Waals surface area (Å²) < 4.78 is 0. The third kappa shape index (κ3) is 3.65. The minimum atomic E-state index is -0.652. The van der Waals surface area contributed by atoms with E-state index in [-0.39, 0.29) is 5.91 Å². The molecule has 1 unspecified atom stereocenters. The van der Waals surface area contributed by atoms with Crippen molar-refractivity contribution in [3.63, 3.8) is 0 Å². The van der Waals surface area contributed by atoms with Gasteiger partial charge < -0.3 is 11.1 Å². The largest absolute Gasteiger partial charge is 0.349 e. The predicted molar refractivity (Wildman–Crippen MR) is 78.9 cm³/mol. The molecule has 0 bridgehead atoms. The molecule has 3 N–H and O–H groups in total. The van der Waals surface area contributed by atoms with Gasteiger partial charge in [-0.25, -0.2) is 0 Å². The Morgan fingerprint density at radius 2 is 1.90 bits per heavy atom. The Kier molecular flexibility index (Phi) is 4.48. The smallest absolute Gasteiger partial charge is 0.241 e. The highest BCUT2D eigenvalue weighted by molar-refractivity contribution is 5.82. The number of pyridine rings is 1. The molecule has 1 amide bonds. The number of hydrogen-bond donors (Lipinski definition) is 2. The Hall–Kier alpha value is -2.20. The number of benzene rings is 1. The third-order valence-electron chi connectivity index (χ3n) is 3.11. The van der Waals surface area contributed by atoms with Crippen LogP contribution in [0.25, 0.3) is 0 Å². The van der Waals surface area contributed by atoms with E-state index in [0.29, 0.717) is 6.54 Å². The van der Waals surface area contributed by atoms with Crippen LogP contribution < -0.4 is 11.1 Å². The van der Waals surface area contributed by atoms with E-state index in [0.717, 1.165) is 22.5 Å². The maximum Gasteiger partial charge on any atom is 0.241 e. The van der Waals surface area contributed by atoms with E-state index in [1.54, 1.807) is 0 Å². The monoisotopic (exact) mass is 269 g/mol. The fourth-order valence-corrected chi connectivity index (χ4v) is 1.91. The van der Waals surface area contributed by atoms with Crippen LogP contribution in [0.3, 0.4) is 0 Å². The van der Waals surface area contributed by atoms with Gasteiger partial charge in [-0.05, 0) is 31.5 Å². The van der Waals surface area contributed by atoms with Gasteiger partial charge in [-0.2, -0.15) is 0 Å². The Bertz CT molecular complexity index is 593. The molecule has 1 atom stereocenters. The van der Waals surface area contributed by atoms with Gasteiger partial charge in [0.05, 0.1) is 12.2 Å². The first-order valence-corrected chi connectivity index (χ1v) is 6.58. The second kappa shape index (κ2) is 6.30. The van der Waals surface area contributed by atoms with Crippen LogP contribution >= 0.6 is 0 Å². The Morgan fingerprint density at radius 1 is 1.20 bits per heavy atom. The van der Waals surface area contributed by atoms with E-state index in [1.807, 2.05) is 56.3 Å². The lowest BCUT2D eigenvalue weighted by atomic mass is 10.1. The van der Waals surface area contributed by atoms with Crippen molar-refractivity contribution in [2.75, 3.05) is 0 Å². The first-order chi connectivity index (χ1) is 9.56. The van der Waals surface area contributed by atoms with Gasteiger partial charge in [-0.1, -0.05) is 35.9 Å². The van der Waals surface area contributed by atoms with Crippen molar-refractivity contribution < 1.29 is 4.79 Å². The maximum atomic E-state index is 12.0. The highest BCUT2D eigenvalue weighted by Crippen LogP contribution is 2.11. The van der Waals surface area contributed by atoms with E-state index in [1.165, 1.54) is 0 Å². The van der Waals surface area contributed by atoms with Crippen LogP contribution in [0.4, 0.5) is 0 Å². The normalized spacial score (nSPS) is 11.9. The van der Waals surface area contributed by atoms with E-state index >= 15 is 0 Å². The number of carbonyl (C=O) groups excluding carboxylic acids is 1. The number of nitrogens with zero attached hydrogens (tertiary/aromatic N) is 1. The van der Waals surface area contributed by atoms with Gasteiger partial charge in [-0.15, -0.1) is 0 Å². The van der Waals surface area contributed by atoms with Crippen LogP contribution in [0.5, 0.6) is 0 Å². The molecule has 0 fully saturated rings. The van der Waals surface area contributed by atoms with E-state index in [9.17, 15) is 4.79 Å². The summed E-state index contributed by atoms with van der Waals surface area (Å²) in [5.74, 6) is -0.197. The SMILES string of the molecule is Cc1ccc(C(N)C(=O)NCc2cccc(C)n2)cc1. The molecule has 0 aliphatic carbocycles. The summed E-state index contributed by atoms with van der Waals surface area (Å²) >= 11 is 0. The Labute approximate surface area is 119 Å². The summed E-state index contributed by atoms with van der Waals surface area (Å²) in [4.78, 5) is 16.4. The minimum Gasteiger partial charge on any atom is -0.349 e. The minimum absolute atomic E-state index is 0.197. The van der Waals surface area contributed by atoms with Crippen molar-refractivity contribution in [3.05, 3.63) is 65.0 Å². The number of aromatic nitrogens is 1. The van der Waals surface area contributed by atoms with Crippen LogP contribution in [-0.4, -0.2) is 10.9 Å². The standard InChI is InChI=1S/C16H19N3O/c1-11-6-8-13(9-7-11)15(17)16(20)18-10-14-5-3-4-12(2)19-14/h3-9,15H,10,17H2,1-2H3,(H,18,20). The van der Waals surface area contributed by atoms with Crippen molar-refractivity contribution in [1.29, 1.82) is 0 Å². The molecule has 2 rings (SSSR count). The van der Waals surface area contributed by atoms with Gasteiger partial charge >= 0.3 is 0 Å². The van der Waals surface area contributed by atoms with Crippen molar-refractivity contribution in [2.45, 2.75) is 26.4 Å². The number of aryl methyl sites for hydroxylation is 2. The van der Waals surface area contributed by atoms with Crippen molar-refractivity contribution in [2.24, 2.45) is 5.73 Å². The molecular formula is C16H19N3O. The first-order valence-electron chi connectivity index (χ1n) is 6.58. The zero-order valence-corrected chi connectivity index (χ0v) is 11.8. The fourth-order valence-electron chi connectivity index (χ4n) is 1.91. The second-order valence-electron chi connectivity index (χ2n) is 4.88. The van der Waals surface area contributed by atoms with Crippen LogP contribution in [0.15, 0.2) is 42.5 Å². The number of nitrogens with two attached hydrogens (primary N) is 1. The van der Waals surface area contributed by atoms with E-state index in [4.69, 9.17) is 5.73 Å². The molecule has 2 aromatic rings. The van der Waals surface area contributed by atoms with Gasteiger partial charge in [0.25, 0.3) is 0 Å². The molecular weight excluding hydrogens is 250 g/mol. The molecule has 0 spiro atoms. The molecule has 20 heavy (non-hydrogen) atoms. The molecule has 1 aromatic heterocycles. The number of hydrogen-bond acceptors (Lipinski definition) is 3. The first kappa shape index (κ1) is 14.2. The summed E-state index contributed by atoms with van der Waals surface area (Å²) in [5.41, 5.74) is 9.66. The topological polar surface area (TPSA) is 68.0 Å². The molecule has 104 valence electrons. The van der Waals surface area contributed by atoms with Crippen LogP contribution in [0.2, 0.25) is 0 Å². The third-order valence-corrected chi connectivity index (χ3v) is 3.11. The number of rotatable bonds is 4. The number of carbonyl (C=O) groups is 1. The summed E-state index contributed by atoms with van der Waals surface area (Å²) in [6.07, 6.45) is 0. The summed E-state index contributed by atoms with van der Waals surface area (Å²) in [5, 5.41) is 2.81. The second-order valence-corrected chi connectivity index (χ2v) is 4.88. The number of nitrogens with one attached hydrogen (secondary N) is 1. The zero-order valence-electron chi connectivity index (χ0n) is 11.8. The van der Waals surface area contributed by atoms with Crippen molar-refractivity contribution in [1.82, 2.24) is 10.3 Å². The Morgan fingerprint density at radius 3 is 2.55 bits per heavy atom. The van der Waals surface area contributed by atoms with Crippen LogP contribution in [0, 0.1) is 13.8 Å². The van der Waals surface area contributed by atoms with Crippen LogP contribution in [0.1, 0.15) is 28.6 Å². The molecule has 0 aliphatic heterocycles. The highest BCUT2D eigenvalue weighted by Gasteiger charge is 2.15. The fraction of sp³-hybridized carbons (Fsp3) is 0.250. The van der Waals surface area contributed by atoms with E-state index < -0.39 is 6.04 Å². The van der Waals surface area contributed by atoms with Crippen molar-refractivity contribution >= 4 is 5.91 Å². The molecule has 4 heteroatoms.